The molecule has 0 spiro atoms. The van der Waals surface area contributed by atoms with Crippen LogP contribution in [0.1, 0.15) is 30.4 Å². The van der Waals surface area contributed by atoms with E-state index in [1.165, 1.54) is 12.8 Å². The first kappa shape index (κ1) is 13.5. The molecule has 1 atom stereocenters. The topological polar surface area (TPSA) is 49.5 Å². The standard InChI is InChI=1S/C14H20N2OS/c15-14(18)13-7-2-1-5-11(13)9-16-8-4-3-6-12(16)10-17/h1-2,5,7,12,17H,3-4,6,8-10H2,(H2,15,18). The number of hydrogen-bond donors (Lipinski definition) is 2. The number of piperidine rings is 1. The Morgan fingerprint density at radius 3 is 2.89 bits per heavy atom. The summed E-state index contributed by atoms with van der Waals surface area (Å²) in [5.41, 5.74) is 7.86. The summed E-state index contributed by atoms with van der Waals surface area (Å²) in [4.78, 5) is 2.78. The van der Waals surface area contributed by atoms with E-state index in [9.17, 15) is 5.11 Å². The van der Waals surface area contributed by atoms with Crippen LogP contribution in [0.25, 0.3) is 0 Å². The first-order chi connectivity index (χ1) is 8.72. The number of likely N-dealkylation sites (tertiary alicyclic amines) is 1. The molecule has 0 saturated carbocycles. The number of aliphatic hydroxyl groups excluding tert-OH is 1. The van der Waals surface area contributed by atoms with Crippen LogP contribution >= 0.6 is 12.2 Å². The van der Waals surface area contributed by atoms with Gasteiger partial charge in [0.15, 0.2) is 0 Å². The van der Waals surface area contributed by atoms with Crippen LogP contribution < -0.4 is 5.73 Å². The third-order valence-corrected chi connectivity index (χ3v) is 3.84. The molecule has 4 heteroatoms. The van der Waals surface area contributed by atoms with Gasteiger partial charge in [-0.15, -0.1) is 0 Å². The molecule has 3 N–H and O–H groups in total. The molecule has 2 rings (SSSR count). The van der Waals surface area contributed by atoms with Gasteiger partial charge in [0.05, 0.1) is 6.61 Å². The Kier molecular flexibility index (Phi) is 4.69. The molecular weight excluding hydrogens is 244 g/mol. The van der Waals surface area contributed by atoms with Gasteiger partial charge in [-0.25, -0.2) is 0 Å². The average Bonchev–Trinajstić information content (AvgIpc) is 2.40. The van der Waals surface area contributed by atoms with Gasteiger partial charge in [0.25, 0.3) is 0 Å². The molecular formula is C14H20N2OS. The molecule has 1 aromatic carbocycles. The summed E-state index contributed by atoms with van der Waals surface area (Å²) in [7, 11) is 0. The molecule has 0 amide bonds. The van der Waals surface area contributed by atoms with E-state index in [1.54, 1.807) is 0 Å². The van der Waals surface area contributed by atoms with Gasteiger partial charge in [0, 0.05) is 18.2 Å². The summed E-state index contributed by atoms with van der Waals surface area (Å²) in [5, 5.41) is 9.43. The fourth-order valence-corrected chi connectivity index (χ4v) is 2.79. The van der Waals surface area contributed by atoms with Gasteiger partial charge >= 0.3 is 0 Å². The second kappa shape index (κ2) is 6.27. The summed E-state index contributed by atoms with van der Waals surface area (Å²) < 4.78 is 0. The highest BCUT2D eigenvalue weighted by Gasteiger charge is 2.22. The van der Waals surface area contributed by atoms with Crippen molar-refractivity contribution in [3.8, 4) is 0 Å². The maximum absolute atomic E-state index is 9.43. The van der Waals surface area contributed by atoms with Crippen LogP contribution in [-0.4, -0.2) is 34.2 Å². The van der Waals surface area contributed by atoms with Gasteiger partial charge in [-0.05, 0) is 24.9 Å². The van der Waals surface area contributed by atoms with E-state index in [-0.39, 0.29) is 12.6 Å². The summed E-state index contributed by atoms with van der Waals surface area (Å²) >= 11 is 5.08. The molecule has 0 radical (unpaired) electrons. The minimum Gasteiger partial charge on any atom is -0.395 e. The molecule has 0 aliphatic carbocycles. The minimum atomic E-state index is 0.231. The van der Waals surface area contributed by atoms with Gasteiger partial charge in [-0.2, -0.15) is 0 Å². The van der Waals surface area contributed by atoms with E-state index >= 15 is 0 Å². The van der Waals surface area contributed by atoms with Gasteiger partial charge in [0.1, 0.15) is 4.99 Å². The van der Waals surface area contributed by atoms with Crippen LogP contribution in [0.3, 0.4) is 0 Å². The Morgan fingerprint density at radius 1 is 1.39 bits per heavy atom. The maximum atomic E-state index is 9.43. The Bertz CT molecular complexity index is 422. The summed E-state index contributed by atoms with van der Waals surface area (Å²) in [5.74, 6) is 0. The number of thiocarbonyl (C=S) groups is 1. The monoisotopic (exact) mass is 264 g/mol. The van der Waals surface area contributed by atoms with Crippen LogP contribution in [0.15, 0.2) is 24.3 Å². The van der Waals surface area contributed by atoms with E-state index in [2.05, 4.69) is 11.0 Å². The third kappa shape index (κ3) is 3.07. The van der Waals surface area contributed by atoms with Gasteiger partial charge in [-0.3, -0.25) is 4.90 Å². The lowest BCUT2D eigenvalue weighted by Gasteiger charge is -2.34. The Morgan fingerprint density at radius 2 is 2.17 bits per heavy atom. The third-order valence-electron chi connectivity index (χ3n) is 3.62. The molecule has 98 valence electrons. The van der Waals surface area contributed by atoms with Crippen molar-refractivity contribution in [2.75, 3.05) is 13.2 Å². The van der Waals surface area contributed by atoms with E-state index in [1.807, 2.05) is 18.2 Å². The number of nitrogens with zero attached hydrogens (tertiary/aromatic N) is 1. The smallest absolute Gasteiger partial charge is 0.104 e. The largest absolute Gasteiger partial charge is 0.395 e. The SMILES string of the molecule is NC(=S)c1ccccc1CN1CCCCC1CO. The first-order valence-electron chi connectivity index (χ1n) is 6.45. The molecule has 1 aromatic rings. The van der Waals surface area contributed by atoms with Crippen molar-refractivity contribution in [1.29, 1.82) is 0 Å². The fraction of sp³-hybridized carbons (Fsp3) is 0.500. The lowest BCUT2D eigenvalue weighted by molar-refractivity contribution is 0.0841. The highest BCUT2D eigenvalue weighted by molar-refractivity contribution is 7.80. The minimum absolute atomic E-state index is 0.231. The van der Waals surface area contributed by atoms with Crippen LogP contribution in [-0.2, 0) is 6.54 Å². The van der Waals surface area contributed by atoms with Crippen LogP contribution in [0.5, 0.6) is 0 Å². The predicted molar refractivity (Wildman–Crippen MR) is 77.5 cm³/mol. The molecule has 1 unspecified atom stereocenters. The van der Waals surface area contributed by atoms with Gasteiger partial charge in [0.2, 0.25) is 0 Å². The zero-order valence-corrected chi connectivity index (χ0v) is 11.3. The first-order valence-corrected chi connectivity index (χ1v) is 6.86. The van der Waals surface area contributed by atoms with Crippen LogP contribution in [0.2, 0.25) is 0 Å². The second-order valence-electron chi connectivity index (χ2n) is 4.82. The van der Waals surface area contributed by atoms with Crippen molar-refractivity contribution >= 4 is 17.2 Å². The van der Waals surface area contributed by atoms with E-state index in [0.717, 1.165) is 30.6 Å². The maximum Gasteiger partial charge on any atom is 0.104 e. The van der Waals surface area contributed by atoms with Crippen molar-refractivity contribution in [3.63, 3.8) is 0 Å². The average molecular weight is 264 g/mol. The number of rotatable bonds is 4. The number of hydrogen-bond acceptors (Lipinski definition) is 3. The van der Waals surface area contributed by atoms with Crippen molar-refractivity contribution in [2.45, 2.75) is 31.8 Å². The molecule has 1 aliphatic rings. The van der Waals surface area contributed by atoms with E-state index in [0.29, 0.717) is 4.99 Å². The van der Waals surface area contributed by atoms with Crippen LogP contribution in [0.4, 0.5) is 0 Å². The molecule has 18 heavy (non-hydrogen) atoms. The van der Waals surface area contributed by atoms with Gasteiger partial charge in [-0.1, -0.05) is 42.9 Å². The zero-order chi connectivity index (χ0) is 13.0. The molecule has 1 fully saturated rings. The Labute approximate surface area is 114 Å². The summed E-state index contributed by atoms with van der Waals surface area (Å²) in [6.45, 7) is 2.09. The Balaban J connectivity index is 2.15. The summed E-state index contributed by atoms with van der Waals surface area (Å²) in [6, 6.07) is 8.28. The molecule has 0 aromatic heterocycles. The fourth-order valence-electron chi connectivity index (χ4n) is 2.59. The molecule has 0 bridgehead atoms. The lowest BCUT2D eigenvalue weighted by atomic mass is 10.0. The van der Waals surface area contributed by atoms with Crippen molar-refractivity contribution in [3.05, 3.63) is 35.4 Å². The molecule has 1 aliphatic heterocycles. The lowest BCUT2D eigenvalue weighted by Crippen LogP contribution is -2.41. The molecule has 3 nitrogen and oxygen atoms in total. The number of benzene rings is 1. The van der Waals surface area contributed by atoms with Crippen molar-refractivity contribution in [1.82, 2.24) is 4.90 Å². The van der Waals surface area contributed by atoms with Crippen LogP contribution in [0, 0.1) is 0 Å². The zero-order valence-electron chi connectivity index (χ0n) is 10.5. The van der Waals surface area contributed by atoms with E-state index < -0.39 is 0 Å². The number of nitrogens with two attached hydrogens (primary N) is 1. The quantitative estimate of drug-likeness (QED) is 0.812. The second-order valence-corrected chi connectivity index (χ2v) is 5.26. The molecule has 1 heterocycles. The highest BCUT2D eigenvalue weighted by Crippen LogP contribution is 2.20. The highest BCUT2D eigenvalue weighted by atomic mass is 32.1. The van der Waals surface area contributed by atoms with Gasteiger partial charge < -0.3 is 10.8 Å². The van der Waals surface area contributed by atoms with Crippen molar-refractivity contribution < 1.29 is 5.11 Å². The predicted octanol–water partition coefficient (Wildman–Crippen LogP) is 1.67. The normalized spacial score (nSPS) is 20.8. The van der Waals surface area contributed by atoms with Crippen molar-refractivity contribution in [2.24, 2.45) is 5.73 Å². The molecule has 1 saturated heterocycles. The van der Waals surface area contributed by atoms with E-state index in [4.69, 9.17) is 18.0 Å². The number of aliphatic hydroxyl groups is 1. The Hall–Kier alpha value is -0.970. The summed E-state index contributed by atoms with van der Waals surface area (Å²) in [6.07, 6.45) is 3.48.